The van der Waals surface area contributed by atoms with E-state index in [9.17, 15) is 9.59 Å². The maximum atomic E-state index is 12.7. The molecule has 21 heavy (non-hydrogen) atoms. The number of carbonyl (C=O) groups excluding carboxylic acids is 2. The lowest BCUT2D eigenvalue weighted by atomic mass is 9.99. The van der Waals surface area contributed by atoms with Crippen LogP contribution < -0.4 is 0 Å². The molecule has 0 spiro atoms. The fraction of sp³-hybridized carbons (Fsp3) is 0.643. The van der Waals surface area contributed by atoms with Gasteiger partial charge in [-0.05, 0) is 20.3 Å². The highest BCUT2D eigenvalue weighted by molar-refractivity contribution is 5.97. The third-order valence-electron chi connectivity index (χ3n) is 3.40. The van der Waals surface area contributed by atoms with Crippen LogP contribution in [-0.2, 0) is 14.4 Å². The normalized spacial score (nSPS) is 18.4. The highest BCUT2D eigenvalue weighted by atomic mass is 16.6. The van der Waals surface area contributed by atoms with Gasteiger partial charge >= 0.3 is 6.09 Å². The van der Waals surface area contributed by atoms with E-state index in [4.69, 9.17) is 4.74 Å². The first-order valence-electron chi connectivity index (χ1n) is 7.00. The Hall–Kier alpha value is -2.05. The van der Waals surface area contributed by atoms with E-state index in [-0.39, 0.29) is 5.91 Å². The molecule has 0 N–H and O–H groups in total. The van der Waals surface area contributed by atoms with Gasteiger partial charge in [-0.15, -0.1) is 0 Å². The molecule has 7 nitrogen and oxygen atoms in total. The van der Waals surface area contributed by atoms with Crippen molar-refractivity contribution in [2.75, 3.05) is 33.9 Å². The number of hydrogen-bond donors (Lipinski definition) is 0. The fourth-order valence-electron chi connectivity index (χ4n) is 2.33. The van der Waals surface area contributed by atoms with Crippen LogP contribution in [0.15, 0.2) is 16.8 Å². The van der Waals surface area contributed by atoms with Crippen molar-refractivity contribution in [3.63, 3.8) is 0 Å². The second-order valence-electron chi connectivity index (χ2n) is 4.49. The Labute approximate surface area is 125 Å². The van der Waals surface area contributed by atoms with Gasteiger partial charge in [-0.1, -0.05) is 11.2 Å². The van der Waals surface area contributed by atoms with Crippen LogP contribution in [0.4, 0.5) is 4.79 Å². The van der Waals surface area contributed by atoms with Crippen molar-refractivity contribution in [1.29, 1.82) is 0 Å². The van der Waals surface area contributed by atoms with Gasteiger partial charge in [0.15, 0.2) is 0 Å². The van der Waals surface area contributed by atoms with Crippen molar-refractivity contribution in [2.45, 2.75) is 26.3 Å². The number of methoxy groups -OCH3 is 1. The molecule has 1 aliphatic rings. The third-order valence-corrected chi connectivity index (χ3v) is 3.40. The Morgan fingerprint density at radius 2 is 2.10 bits per heavy atom. The average molecular weight is 297 g/mol. The summed E-state index contributed by atoms with van der Waals surface area (Å²) in [7, 11) is 2.74. The largest absolute Gasteiger partial charge is 0.453 e. The van der Waals surface area contributed by atoms with Gasteiger partial charge in [0.25, 0.3) is 0 Å². The zero-order valence-electron chi connectivity index (χ0n) is 13.0. The minimum atomic E-state index is -0.718. The summed E-state index contributed by atoms with van der Waals surface area (Å²) in [5, 5.41) is 3.72. The van der Waals surface area contributed by atoms with Gasteiger partial charge in [0, 0.05) is 25.2 Å². The molecule has 0 aromatic rings. The van der Waals surface area contributed by atoms with Crippen LogP contribution in [0.1, 0.15) is 20.3 Å². The summed E-state index contributed by atoms with van der Waals surface area (Å²) >= 11 is 0. The van der Waals surface area contributed by atoms with Crippen molar-refractivity contribution in [2.24, 2.45) is 5.16 Å². The molecule has 1 unspecified atom stereocenters. The maximum Gasteiger partial charge on any atom is 0.410 e. The zero-order chi connectivity index (χ0) is 15.8. The summed E-state index contributed by atoms with van der Waals surface area (Å²) in [6.45, 7) is 5.40. The summed E-state index contributed by atoms with van der Waals surface area (Å²) < 4.78 is 4.78. The highest BCUT2D eigenvalue weighted by Gasteiger charge is 2.36. The number of oxime groups is 1. The Morgan fingerprint density at radius 1 is 1.43 bits per heavy atom. The molecule has 1 aliphatic heterocycles. The lowest BCUT2D eigenvalue weighted by molar-refractivity contribution is -0.134. The summed E-state index contributed by atoms with van der Waals surface area (Å²) in [5.74, 6) is -0.140. The van der Waals surface area contributed by atoms with E-state index >= 15 is 0 Å². The quantitative estimate of drug-likeness (QED) is 0.565. The Morgan fingerprint density at radius 3 is 2.62 bits per heavy atom. The molecule has 2 amide bonds. The summed E-state index contributed by atoms with van der Waals surface area (Å²) in [6, 6.07) is -0.718. The third kappa shape index (κ3) is 3.96. The van der Waals surface area contributed by atoms with Crippen molar-refractivity contribution >= 4 is 18.2 Å². The van der Waals surface area contributed by atoms with Gasteiger partial charge in [-0.2, -0.15) is 0 Å². The van der Waals surface area contributed by atoms with Crippen molar-refractivity contribution < 1.29 is 19.2 Å². The second kappa shape index (κ2) is 8.28. The van der Waals surface area contributed by atoms with E-state index in [2.05, 4.69) is 9.99 Å². The summed E-state index contributed by atoms with van der Waals surface area (Å²) in [4.78, 5) is 32.4. The van der Waals surface area contributed by atoms with Gasteiger partial charge in [0.1, 0.15) is 13.2 Å². The molecular formula is C14H23N3O4. The zero-order valence-corrected chi connectivity index (χ0v) is 13.0. The average Bonchev–Trinajstić information content (AvgIpc) is 2.52. The van der Waals surface area contributed by atoms with Gasteiger partial charge in [-0.3, -0.25) is 9.69 Å². The predicted octanol–water partition coefficient (Wildman–Crippen LogP) is 1.25. The molecule has 0 saturated heterocycles. The Kier molecular flexibility index (Phi) is 6.71. The van der Waals surface area contributed by atoms with E-state index in [0.717, 1.165) is 0 Å². The minimum absolute atomic E-state index is 0.140. The number of rotatable bonds is 5. The van der Waals surface area contributed by atoms with Crippen molar-refractivity contribution in [3.8, 4) is 0 Å². The standard InChI is InChI=1S/C14H23N3O4/c1-5-16(6-2)13(18)12-11(10-15-21-4)8-7-9-17(12)14(19)20-3/h8,10,12H,5-7,9H2,1-4H3. The highest BCUT2D eigenvalue weighted by Crippen LogP contribution is 2.20. The molecule has 0 aromatic heterocycles. The first-order chi connectivity index (χ1) is 10.1. The SMILES string of the molecule is CCN(CC)C(=O)C1C(C=NOC)=CCCN1C(=O)OC. The molecule has 0 radical (unpaired) electrons. The number of likely N-dealkylation sites (N-methyl/N-ethyl adjacent to an activating group) is 1. The fourth-order valence-corrected chi connectivity index (χ4v) is 2.33. The first kappa shape index (κ1) is 17.0. The van der Waals surface area contributed by atoms with E-state index in [1.54, 1.807) is 4.90 Å². The smallest absolute Gasteiger partial charge is 0.410 e. The van der Waals surface area contributed by atoms with Gasteiger partial charge in [0.2, 0.25) is 5.91 Å². The molecule has 0 bridgehead atoms. The number of amides is 2. The lowest BCUT2D eigenvalue weighted by Gasteiger charge is -2.35. The topological polar surface area (TPSA) is 71.4 Å². The molecule has 7 heteroatoms. The lowest BCUT2D eigenvalue weighted by Crippen LogP contribution is -2.53. The first-order valence-corrected chi connectivity index (χ1v) is 7.00. The van der Waals surface area contributed by atoms with Crippen molar-refractivity contribution in [3.05, 3.63) is 11.6 Å². The summed E-state index contributed by atoms with van der Waals surface area (Å²) in [5.41, 5.74) is 0.644. The molecule has 118 valence electrons. The molecule has 0 aromatic carbocycles. The van der Waals surface area contributed by atoms with Crippen LogP contribution in [0.25, 0.3) is 0 Å². The Balaban J connectivity index is 3.13. The Bertz CT molecular complexity index is 430. The van der Waals surface area contributed by atoms with Crippen molar-refractivity contribution in [1.82, 2.24) is 9.80 Å². The van der Waals surface area contributed by atoms with Gasteiger partial charge in [-0.25, -0.2) is 4.79 Å². The molecule has 0 aliphatic carbocycles. The van der Waals surface area contributed by atoms with E-state index in [1.165, 1.54) is 25.3 Å². The molecule has 1 rings (SSSR count). The molecule has 0 fully saturated rings. The second-order valence-corrected chi connectivity index (χ2v) is 4.49. The van der Waals surface area contributed by atoms with Crippen LogP contribution in [-0.4, -0.2) is 67.9 Å². The van der Waals surface area contributed by atoms with Gasteiger partial charge in [0.05, 0.1) is 13.3 Å². The van der Waals surface area contributed by atoms with Crippen LogP contribution in [0.3, 0.4) is 0 Å². The minimum Gasteiger partial charge on any atom is -0.453 e. The molecule has 0 saturated carbocycles. The monoisotopic (exact) mass is 297 g/mol. The maximum absolute atomic E-state index is 12.7. The molecule has 1 atom stereocenters. The predicted molar refractivity (Wildman–Crippen MR) is 79.0 cm³/mol. The number of nitrogens with zero attached hydrogens (tertiary/aromatic N) is 3. The molecule has 1 heterocycles. The van der Waals surface area contributed by atoms with Crippen LogP contribution in [0, 0.1) is 0 Å². The number of hydrogen-bond acceptors (Lipinski definition) is 5. The van der Waals surface area contributed by atoms with E-state index in [0.29, 0.717) is 31.6 Å². The van der Waals surface area contributed by atoms with Crippen LogP contribution >= 0.6 is 0 Å². The molecular weight excluding hydrogens is 274 g/mol. The summed E-state index contributed by atoms with van der Waals surface area (Å²) in [6.07, 6.45) is 3.49. The van der Waals surface area contributed by atoms with Crippen LogP contribution in [0.5, 0.6) is 0 Å². The van der Waals surface area contributed by atoms with Crippen LogP contribution in [0.2, 0.25) is 0 Å². The van der Waals surface area contributed by atoms with Gasteiger partial charge < -0.3 is 14.5 Å². The van der Waals surface area contributed by atoms with E-state index < -0.39 is 12.1 Å². The number of carbonyl (C=O) groups is 2. The number of ether oxygens (including phenoxy) is 1. The van der Waals surface area contributed by atoms with E-state index in [1.807, 2.05) is 19.9 Å².